The van der Waals surface area contributed by atoms with Crippen molar-refractivity contribution in [2.24, 2.45) is 0 Å². The van der Waals surface area contributed by atoms with E-state index in [0.717, 1.165) is 46.1 Å². The summed E-state index contributed by atoms with van der Waals surface area (Å²) in [4.78, 5) is 22.2. The fourth-order valence-electron chi connectivity index (χ4n) is 3.49. The lowest BCUT2D eigenvalue weighted by Gasteiger charge is -2.15. The van der Waals surface area contributed by atoms with E-state index in [2.05, 4.69) is 45.2 Å². The molecule has 1 amide bonds. The van der Waals surface area contributed by atoms with E-state index >= 15 is 0 Å². The van der Waals surface area contributed by atoms with Gasteiger partial charge >= 0.3 is 0 Å². The van der Waals surface area contributed by atoms with E-state index < -0.39 is 0 Å². The van der Waals surface area contributed by atoms with Crippen molar-refractivity contribution in [1.29, 1.82) is 0 Å². The number of carbonyl (C=O) groups is 1. The van der Waals surface area contributed by atoms with Crippen molar-refractivity contribution in [3.63, 3.8) is 0 Å². The standard InChI is InChI=1S/C20H24N6OS/c1-11(2)26-18-14(17(25-26)13-6-5-12(3)22-9-13)7-8-15-19(18)28-20(23-15)24-16(27)10-21-4/h5-6,9,11,21H,7-8,10H2,1-4H3,(H,23,24,27). The van der Waals surface area contributed by atoms with Gasteiger partial charge in [0.2, 0.25) is 5.91 Å². The maximum absolute atomic E-state index is 11.9. The molecule has 1 aliphatic carbocycles. The van der Waals surface area contributed by atoms with E-state index in [1.54, 1.807) is 7.05 Å². The summed E-state index contributed by atoms with van der Waals surface area (Å²) in [6.45, 7) is 6.52. The molecule has 0 spiro atoms. The summed E-state index contributed by atoms with van der Waals surface area (Å²) >= 11 is 1.53. The van der Waals surface area contributed by atoms with Gasteiger partial charge in [-0.3, -0.25) is 14.5 Å². The number of rotatable bonds is 5. The quantitative estimate of drug-likeness (QED) is 0.692. The molecule has 0 unspecified atom stereocenters. The molecule has 2 N–H and O–H groups in total. The zero-order chi connectivity index (χ0) is 19.8. The average molecular weight is 397 g/mol. The molecule has 146 valence electrons. The van der Waals surface area contributed by atoms with Gasteiger partial charge in [0.1, 0.15) is 0 Å². The highest BCUT2D eigenvalue weighted by Crippen LogP contribution is 2.43. The topological polar surface area (TPSA) is 84.7 Å². The zero-order valence-electron chi connectivity index (χ0n) is 16.5. The van der Waals surface area contributed by atoms with Crippen molar-refractivity contribution in [2.45, 2.75) is 39.7 Å². The number of carbonyl (C=O) groups excluding carboxylic acids is 1. The Kier molecular flexibility index (Phi) is 4.99. The Hall–Kier alpha value is -2.58. The lowest BCUT2D eigenvalue weighted by Crippen LogP contribution is -2.24. The maximum atomic E-state index is 11.9. The van der Waals surface area contributed by atoms with Crippen molar-refractivity contribution < 1.29 is 4.79 Å². The largest absolute Gasteiger partial charge is 0.311 e. The molecular weight excluding hydrogens is 372 g/mol. The first-order chi connectivity index (χ1) is 13.5. The molecular formula is C20H24N6OS. The first-order valence-corrected chi connectivity index (χ1v) is 10.3. The molecule has 0 aromatic carbocycles. The van der Waals surface area contributed by atoms with Gasteiger partial charge in [-0.1, -0.05) is 11.3 Å². The highest BCUT2D eigenvalue weighted by Gasteiger charge is 2.30. The third kappa shape index (κ3) is 3.33. The van der Waals surface area contributed by atoms with Gasteiger partial charge in [-0.15, -0.1) is 0 Å². The van der Waals surface area contributed by atoms with Crippen LogP contribution in [0.5, 0.6) is 0 Å². The van der Waals surface area contributed by atoms with Crippen molar-refractivity contribution in [1.82, 2.24) is 25.1 Å². The summed E-state index contributed by atoms with van der Waals surface area (Å²) in [7, 11) is 1.75. The Morgan fingerprint density at radius 1 is 1.32 bits per heavy atom. The number of fused-ring (bicyclic) bond motifs is 3. The second kappa shape index (κ2) is 7.44. The molecule has 3 aromatic rings. The maximum Gasteiger partial charge on any atom is 0.240 e. The molecule has 0 radical (unpaired) electrons. The van der Waals surface area contributed by atoms with Crippen LogP contribution in [0.3, 0.4) is 0 Å². The predicted molar refractivity (Wildman–Crippen MR) is 112 cm³/mol. The van der Waals surface area contributed by atoms with Crippen LogP contribution in [-0.2, 0) is 17.6 Å². The summed E-state index contributed by atoms with van der Waals surface area (Å²) in [5, 5.41) is 11.3. The first-order valence-electron chi connectivity index (χ1n) is 9.47. The predicted octanol–water partition coefficient (Wildman–Crippen LogP) is 3.21. The molecule has 28 heavy (non-hydrogen) atoms. The van der Waals surface area contributed by atoms with E-state index in [-0.39, 0.29) is 18.5 Å². The molecule has 0 atom stereocenters. The fraction of sp³-hybridized carbons (Fsp3) is 0.400. The van der Waals surface area contributed by atoms with Crippen LogP contribution < -0.4 is 10.6 Å². The summed E-state index contributed by atoms with van der Waals surface area (Å²) < 4.78 is 2.08. The Morgan fingerprint density at radius 2 is 2.14 bits per heavy atom. The van der Waals surface area contributed by atoms with E-state index in [9.17, 15) is 4.79 Å². The number of nitrogens with one attached hydrogen (secondary N) is 2. The molecule has 8 heteroatoms. The zero-order valence-corrected chi connectivity index (χ0v) is 17.4. The monoisotopic (exact) mass is 396 g/mol. The fourth-order valence-corrected chi connectivity index (χ4v) is 4.58. The Labute approximate surface area is 168 Å². The van der Waals surface area contributed by atoms with Crippen LogP contribution in [0.2, 0.25) is 0 Å². The van der Waals surface area contributed by atoms with E-state index in [0.29, 0.717) is 5.13 Å². The van der Waals surface area contributed by atoms with Crippen molar-refractivity contribution in [3.8, 4) is 21.8 Å². The number of hydrogen-bond donors (Lipinski definition) is 2. The van der Waals surface area contributed by atoms with Gasteiger partial charge in [-0.05, 0) is 52.8 Å². The number of pyridine rings is 1. The molecule has 4 rings (SSSR count). The highest BCUT2D eigenvalue weighted by molar-refractivity contribution is 7.19. The number of amides is 1. The second-order valence-corrected chi connectivity index (χ2v) is 8.27. The van der Waals surface area contributed by atoms with Gasteiger partial charge in [0.05, 0.1) is 28.5 Å². The SMILES string of the molecule is CNCC(=O)Nc1nc2c(s1)-c1c(c(-c3ccc(C)nc3)nn1C(C)C)CC2. The lowest BCUT2D eigenvalue weighted by molar-refractivity contribution is -0.115. The summed E-state index contributed by atoms with van der Waals surface area (Å²) in [6, 6.07) is 4.32. The number of aryl methyl sites for hydroxylation is 2. The minimum atomic E-state index is -0.0855. The molecule has 0 saturated carbocycles. The van der Waals surface area contributed by atoms with Gasteiger partial charge in [-0.25, -0.2) is 4.98 Å². The minimum Gasteiger partial charge on any atom is -0.311 e. The van der Waals surface area contributed by atoms with Crippen LogP contribution in [0.4, 0.5) is 5.13 Å². The molecule has 3 aromatic heterocycles. The summed E-state index contributed by atoms with van der Waals surface area (Å²) in [5.41, 5.74) is 6.43. The minimum absolute atomic E-state index is 0.0855. The normalized spacial score (nSPS) is 12.8. The third-order valence-electron chi connectivity index (χ3n) is 4.79. The van der Waals surface area contributed by atoms with Crippen LogP contribution in [0, 0.1) is 6.92 Å². The molecule has 0 saturated heterocycles. The third-order valence-corrected chi connectivity index (χ3v) is 5.81. The van der Waals surface area contributed by atoms with Crippen molar-refractivity contribution in [3.05, 3.63) is 35.3 Å². The summed E-state index contributed by atoms with van der Waals surface area (Å²) in [5.74, 6) is -0.0855. The number of aromatic nitrogens is 4. The molecule has 3 heterocycles. The number of anilines is 1. The van der Waals surface area contributed by atoms with Crippen molar-refractivity contribution >= 4 is 22.4 Å². The molecule has 0 fully saturated rings. The highest BCUT2D eigenvalue weighted by atomic mass is 32.1. The Morgan fingerprint density at radius 3 is 2.82 bits per heavy atom. The molecule has 0 bridgehead atoms. The Balaban J connectivity index is 1.79. The van der Waals surface area contributed by atoms with E-state index in [4.69, 9.17) is 5.10 Å². The van der Waals surface area contributed by atoms with E-state index in [1.165, 1.54) is 16.9 Å². The van der Waals surface area contributed by atoms with Gasteiger partial charge < -0.3 is 10.6 Å². The smallest absolute Gasteiger partial charge is 0.240 e. The van der Waals surface area contributed by atoms with Crippen molar-refractivity contribution in [2.75, 3.05) is 18.9 Å². The van der Waals surface area contributed by atoms with Crippen LogP contribution in [-0.4, -0.2) is 39.2 Å². The van der Waals surface area contributed by atoms with Crippen LogP contribution in [0.1, 0.15) is 36.8 Å². The lowest BCUT2D eigenvalue weighted by atomic mass is 9.95. The first kappa shape index (κ1) is 18.8. The Bertz CT molecular complexity index is 1020. The number of nitrogens with zero attached hydrogens (tertiary/aromatic N) is 4. The number of thiazole rings is 1. The van der Waals surface area contributed by atoms with Gasteiger partial charge in [0, 0.05) is 29.1 Å². The molecule has 1 aliphatic rings. The van der Waals surface area contributed by atoms with Crippen LogP contribution in [0.25, 0.3) is 21.8 Å². The molecule has 0 aliphatic heterocycles. The number of hydrogen-bond acceptors (Lipinski definition) is 6. The van der Waals surface area contributed by atoms with E-state index in [1.807, 2.05) is 19.2 Å². The van der Waals surface area contributed by atoms with Crippen LogP contribution >= 0.6 is 11.3 Å². The van der Waals surface area contributed by atoms with Crippen LogP contribution in [0.15, 0.2) is 18.3 Å². The van der Waals surface area contributed by atoms with Gasteiger partial charge in [0.25, 0.3) is 0 Å². The second-order valence-electron chi connectivity index (χ2n) is 7.28. The van der Waals surface area contributed by atoms with Gasteiger partial charge in [0.15, 0.2) is 5.13 Å². The average Bonchev–Trinajstić information content (AvgIpc) is 3.23. The summed E-state index contributed by atoms with van der Waals surface area (Å²) in [6.07, 6.45) is 3.62. The molecule has 7 nitrogen and oxygen atoms in total. The number of likely N-dealkylation sites (N-methyl/N-ethyl adjacent to an activating group) is 1. The van der Waals surface area contributed by atoms with Gasteiger partial charge in [-0.2, -0.15) is 5.10 Å².